The van der Waals surface area contributed by atoms with Gasteiger partial charge in [0.2, 0.25) is 5.95 Å². The fourth-order valence-electron chi connectivity index (χ4n) is 3.14. The lowest BCUT2D eigenvalue weighted by Gasteiger charge is -2.35. The number of benzene rings is 1. The molecule has 1 atom stereocenters. The number of nitrogens with zero attached hydrogens (tertiary/aromatic N) is 5. The maximum absolute atomic E-state index is 6.35. The number of anilines is 1. The summed E-state index contributed by atoms with van der Waals surface area (Å²) in [6.07, 6.45) is 6.18. The van der Waals surface area contributed by atoms with E-state index >= 15 is 0 Å². The van der Waals surface area contributed by atoms with Crippen LogP contribution in [0.2, 0.25) is 10.0 Å². The molecule has 3 aromatic rings. The second-order valence-electron chi connectivity index (χ2n) is 5.74. The number of halogens is 2. The Morgan fingerprint density at radius 1 is 1.21 bits per heavy atom. The van der Waals surface area contributed by atoms with E-state index in [0.29, 0.717) is 11.0 Å². The molecule has 0 aliphatic carbocycles. The first-order valence-electron chi connectivity index (χ1n) is 7.71. The second kappa shape index (κ2) is 6.07. The van der Waals surface area contributed by atoms with Crippen LogP contribution in [0.3, 0.4) is 0 Å². The van der Waals surface area contributed by atoms with E-state index in [1.54, 1.807) is 23.1 Å². The van der Waals surface area contributed by atoms with Crippen molar-refractivity contribution in [2.24, 2.45) is 0 Å². The first-order chi connectivity index (χ1) is 11.6. The van der Waals surface area contributed by atoms with Crippen LogP contribution in [0, 0.1) is 0 Å². The Bertz CT molecular complexity index is 879. The van der Waals surface area contributed by atoms with Gasteiger partial charge in [0, 0.05) is 41.2 Å². The second-order valence-corrected chi connectivity index (χ2v) is 6.58. The fraction of sp³-hybridized carbons (Fsp3) is 0.235. The molecule has 1 aliphatic rings. The summed E-state index contributed by atoms with van der Waals surface area (Å²) in [5.74, 6) is 1.42. The molecule has 0 radical (unpaired) electrons. The van der Waals surface area contributed by atoms with Gasteiger partial charge in [0.15, 0.2) is 5.82 Å². The number of rotatable bonds is 2. The normalized spacial score (nSPS) is 17.0. The Morgan fingerprint density at radius 2 is 2.08 bits per heavy atom. The summed E-state index contributed by atoms with van der Waals surface area (Å²) in [4.78, 5) is 11.3. The van der Waals surface area contributed by atoms with Crippen molar-refractivity contribution in [2.45, 2.75) is 19.4 Å². The van der Waals surface area contributed by atoms with E-state index in [-0.39, 0.29) is 6.04 Å². The molecule has 0 fully saturated rings. The smallest absolute Gasteiger partial charge is 0.227 e. The zero-order chi connectivity index (χ0) is 16.7. The van der Waals surface area contributed by atoms with Crippen LogP contribution in [-0.2, 0) is 6.42 Å². The molecule has 2 aromatic heterocycles. The van der Waals surface area contributed by atoms with Gasteiger partial charge < -0.3 is 4.90 Å². The third-order valence-corrected chi connectivity index (χ3v) is 4.89. The molecule has 3 heterocycles. The van der Waals surface area contributed by atoms with Gasteiger partial charge in [0.05, 0.1) is 6.04 Å². The Labute approximate surface area is 149 Å². The molecule has 0 spiro atoms. The molecule has 4 rings (SSSR count). The minimum Gasteiger partial charge on any atom is -0.334 e. The van der Waals surface area contributed by atoms with Crippen molar-refractivity contribution in [3.63, 3.8) is 0 Å². The SMILES string of the molecule is C[C@H]1c2cc(Cl)cc(Cl)c2CCN1c1nccc(-n2cccn2)n1. The Balaban J connectivity index is 1.72. The average molecular weight is 360 g/mol. The minimum absolute atomic E-state index is 0.0952. The van der Waals surface area contributed by atoms with Crippen molar-refractivity contribution in [1.82, 2.24) is 19.7 Å². The van der Waals surface area contributed by atoms with Gasteiger partial charge in [-0.1, -0.05) is 23.2 Å². The molecule has 7 heteroatoms. The molecular weight excluding hydrogens is 345 g/mol. The molecule has 0 saturated heterocycles. The van der Waals surface area contributed by atoms with Crippen molar-refractivity contribution in [3.8, 4) is 5.82 Å². The largest absolute Gasteiger partial charge is 0.334 e. The number of aromatic nitrogens is 4. The molecule has 0 amide bonds. The van der Waals surface area contributed by atoms with Crippen LogP contribution in [0.5, 0.6) is 0 Å². The summed E-state index contributed by atoms with van der Waals surface area (Å²) in [5.41, 5.74) is 2.29. The maximum atomic E-state index is 6.35. The summed E-state index contributed by atoms with van der Waals surface area (Å²) in [5, 5.41) is 5.61. The van der Waals surface area contributed by atoms with Crippen LogP contribution in [0.15, 0.2) is 42.9 Å². The van der Waals surface area contributed by atoms with Crippen LogP contribution in [-0.4, -0.2) is 26.3 Å². The Hall–Kier alpha value is -2.11. The summed E-state index contributed by atoms with van der Waals surface area (Å²) < 4.78 is 1.72. The van der Waals surface area contributed by atoms with Crippen LogP contribution >= 0.6 is 23.2 Å². The fourth-order valence-corrected chi connectivity index (χ4v) is 3.74. The van der Waals surface area contributed by atoms with E-state index in [9.17, 15) is 0 Å². The summed E-state index contributed by atoms with van der Waals surface area (Å²) >= 11 is 12.5. The minimum atomic E-state index is 0.0952. The highest BCUT2D eigenvalue weighted by Crippen LogP contribution is 2.37. The highest BCUT2D eigenvalue weighted by molar-refractivity contribution is 6.35. The quantitative estimate of drug-likeness (QED) is 0.691. The molecule has 0 bridgehead atoms. The zero-order valence-electron chi connectivity index (χ0n) is 13.0. The predicted molar refractivity (Wildman–Crippen MR) is 95.1 cm³/mol. The van der Waals surface area contributed by atoms with Crippen molar-refractivity contribution in [3.05, 3.63) is 64.0 Å². The van der Waals surface area contributed by atoms with E-state index < -0.39 is 0 Å². The van der Waals surface area contributed by atoms with Gasteiger partial charge in [-0.2, -0.15) is 10.1 Å². The summed E-state index contributed by atoms with van der Waals surface area (Å²) in [6.45, 7) is 2.92. The number of hydrogen-bond donors (Lipinski definition) is 0. The van der Waals surface area contributed by atoms with Gasteiger partial charge in [-0.3, -0.25) is 0 Å². The van der Waals surface area contributed by atoms with E-state index in [0.717, 1.165) is 34.9 Å². The molecule has 24 heavy (non-hydrogen) atoms. The van der Waals surface area contributed by atoms with E-state index in [2.05, 4.69) is 26.9 Å². The maximum Gasteiger partial charge on any atom is 0.227 e. The molecule has 1 aliphatic heterocycles. The first kappa shape index (κ1) is 15.4. The monoisotopic (exact) mass is 359 g/mol. The third kappa shape index (κ3) is 2.64. The van der Waals surface area contributed by atoms with Gasteiger partial charge in [-0.25, -0.2) is 9.67 Å². The predicted octanol–water partition coefficient (Wildman–Crippen LogP) is 4.09. The Morgan fingerprint density at radius 3 is 2.88 bits per heavy atom. The molecule has 0 unspecified atom stereocenters. The molecule has 0 saturated carbocycles. The van der Waals surface area contributed by atoms with Crippen LogP contribution in [0.25, 0.3) is 5.82 Å². The van der Waals surface area contributed by atoms with Crippen molar-refractivity contribution < 1.29 is 0 Å². The standard InChI is InChI=1S/C17H15Cl2N5/c1-11-14-9-12(18)10-15(19)13(14)4-8-23(11)17-20-6-3-16(22-17)24-7-2-5-21-24/h2-3,5-7,9-11H,4,8H2,1H3/t11-/m0/s1. The van der Waals surface area contributed by atoms with Gasteiger partial charge in [0.1, 0.15) is 0 Å². The van der Waals surface area contributed by atoms with Crippen LogP contribution in [0.4, 0.5) is 5.95 Å². The van der Waals surface area contributed by atoms with Gasteiger partial charge >= 0.3 is 0 Å². The lowest BCUT2D eigenvalue weighted by Crippen LogP contribution is -2.35. The average Bonchev–Trinajstić information content (AvgIpc) is 3.10. The molecule has 5 nitrogen and oxygen atoms in total. The highest BCUT2D eigenvalue weighted by Gasteiger charge is 2.27. The van der Waals surface area contributed by atoms with Crippen LogP contribution < -0.4 is 4.90 Å². The van der Waals surface area contributed by atoms with Crippen molar-refractivity contribution >= 4 is 29.2 Å². The summed E-state index contributed by atoms with van der Waals surface area (Å²) in [7, 11) is 0. The summed E-state index contributed by atoms with van der Waals surface area (Å²) in [6, 6.07) is 7.59. The highest BCUT2D eigenvalue weighted by atomic mass is 35.5. The van der Waals surface area contributed by atoms with Gasteiger partial charge in [-0.05, 0) is 42.7 Å². The van der Waals surface area contributed by atoms with Crippen molar-refractivity contribution in [1.29, 1.82) is 0 Å². The molecule has 0 N–H and O–H groups in total. The Kier molecular flexibility index (Phi) is 3.90. The van der Waals surface area contributed by atoms with Crippen LogP contribution in [0.1, 0.15) is 24.1 Å². The van der Waals surface area contributed by atoms with Crippen molar-refractivity contribution in [2.75, 3.05) is 11.4 Å². The lowest BCUT2D eigenvalue weighted by molar-refractivity contribution is 0.606. The first-order valence-corrected chi connectivity index (χ1v) is 8.46. The van der Waals surface area contributed by atoms with E-state index in [1.807, 2.05) is 24.4 Å². The van der Waals surface area contributed by atoms with E-state index in [1.165, 1.54) is 0 Å². The topological polar surface area (TPSA) is 46.8 Å². The molecular formula is C17H15Cl2N5. The van der Waals surface area contributed by atoms with E-state index in [4.69, 9.17) is 23.2 Å². The number of fused-ring (bicyclic) bond motifs is 1. The lowest BCUT2D eigenvalue weighted by atomic mass is 9.94. The zero-order valence-corrected chi connectivity index (χ0v) is 14.5. The number of hydrogen-bond acceptors (Lipinski definition) is 4. The van der Waals surface area contributed by atoms with Gasteiger partial charge in [0.25, 0.3) is 0 Å². The molecule has 1 aromatic carbocycles. The van der Waals surface area contributed by atoms with Gasteiger partial charge in [-0.15, -0.1) is 0 Å². The third-order valence-electron chi connectivity index (χ3n) is 4.34. The molecule has 122 valence electrons.